The molecule has 0 unspecified atom stereocenters. The number of rotatable bonds is 4. The van der Waals surface area contributed by atoms with Gasteiger partial charge in [-0.1, -0.05) is 0 Å². The first-order valence-corrected chi connectivity index (χ1v) is 11.4. The molecule has 3 aliphatic rings. The van der Waals surface area contributed by atoms with Crippen LogP contribution in [0.15, 0.2) is 12.3 Å². The molecule has 1 aromatic rings. The Balaban J connectivity index is 1.31. The molecule has 0 aliphatic carbocycles. The summed E-state index contributed by atoms with van der Waals surface area (Å²) in [7, 11) is 0. The number of carbonyl (C=O) groups excluding carboxylic acids is 1. The summed E-state index contributed by atoms with van der Waals surface area (Å²) < 4.78 is 8.16. The third kappa shape index (κ3) is 4.52. The third-order valence-corrected chi connectivity index (χ3v) is 7.21. The van der Waals surface area contributed by atoms with E-state index in [1.165, 1.54) is 26.2 Å². The van der Waals surface area contributed by atoms with Crippen LogP contribution in [-0.2, 0) is 11.3 Å². The second-order valence-electron chi connectivity index (χ2n) is 9.19. The molecule has 4 heterocycles. The topological polar surface area (TPSA) is 53.8 Å². The summed E-state index contributed by atoms with van der Waals surface area (Å²) in [6, 6.07) is 3.10. The normalized spacial score (nSPS) is 26.3. The van der Waals surface area contributed by atoms with E-state index in [0.717, 1.165) is 51.9 Å². The summed E-state index contributed by atoms with van der Waals surface area (Å²) in [6.45, 7) is 14.5. The lowest BCUT2D eigenvalue weighted by Crippen LogP contribution is -2.58. The van der Waals surface area contributed by atoms with Crippen LogP contribution in [0.3, 0.4) is 0 Å². The number of aryl methyl sites for hydroxylation is 1. The summed E-state index contributed by atoms with van der Waals surface area (Å²) in [5.74, 6) is 0.0595. The number of hydrogen-bond acceptors (Lipinski definition) is 5. The molecule has 3 aliphatic heterocycles. The number of carbonyl (C=O) groups is 1. The Morgan fingerprint density at radius 3 is 2.55 bits per heavy atom. The molecule has 0 bridgehead atoms. The maximum Gasteiger partial charge on any atom is 0.274 e. The van der Waals surface area contributed by atoms with Crippen LogP contribution in [0.1, 0.15) is 56.9 Å². The number of likely N-dealkylation sites (tertiary alicyclic amines) is 1. The van der Waals surface area contributed by atoms with Gasteiger partial charge in [0, 0.05) is 70.7 Å². The lowest BCUT2D eigenvalue weighted by molar-refractivity contribution is -0.132. The van der Waals surface area contributed by atoms with Crippen molar-refractivity contribution in [1.82, 2.24) is 24.5 Å². The summed E-state index contributed by atoms with van der Waals surface area (Å²) >= 11 is 0. The Morgan fingerprint density at radius 1 is 1.21 bits per heavy atom. The molecule has 1 spiro atoms. The fourth-order valence-corrected chi connectivity index (χ4v) is 5.21. The minimum atomic E-state index is -0.0440. The molecule has 0 N–H and O–H groups in total. The molecular weight excluding hydrogens is 366 g/mol. The van der Waals surface area contributed by atoms with Gasteiger partial charge in [-0.3, -0.25) is 19.3 Å². The van der Waals surface area contributed by atoms with Crippen LogP contribution in [0.2, 0.25) is 0 Å². The average molecular weight is 404 g/mol. The van der Waals surface area contributed by atoms with E-state index in [1.807, 2.05) is 28.8 Å². The van der Waals surface area contributed by atoms with E-state index in [2.05, 4.69) is 28.7 Å². The Hall–Kier alpha value is -1.44. The Labute approximate surface area is 175 Å². The van der Waals surface area contributed by atoms with Crippen LogP contribution in [0.25, 0.3) is 0 Å². The number of amides is 1. The van der Waals surface area contributed by atoms with Crippen molar-refractivity contribution in [3.05, 3.63) is 18.0 Å². The average Bonchev–Trinajstić information content (AvgIpc) is 3.23. The van der Waals surface area contributed by atoms with Gasteiger partial charge < -0.3 is 9.64 Å². The quantitative estimate of drug-likeness (QED) is 0.771. The highest BCUT2D eigenvalue weighted by atomic mass is 16.5. The van der Waals surface area contributed by atoms with Gasteiger partial charge >= 0.3 is 0 Å². The number of piperidine rings is 1. The maximum absolute atomic E-state index is 12.8. The Morgan fingerprint density at radius 2 is 1.93 bits per heavy atom. The predicted molar refractivity (Wildman–Crippen MR) is 113 cm³/mol. The highest BCUT2D eigenvalue weighted by Gasteiger charge is 2.43. The van der Waals surface area contributed by atoms with Gasteiger partial charge in [0.1, 0.15) is 5.69 Å². The lowest BCUT2D eigenvalue weighted by atomic mass is 9.81. The van der Waals surface area contributed by atoms with Gasteiger partial charge in [-0.15, -0.1) is 0 Å². The lowest BCUT2D eigenvalue weighted by Gasteiger charge is -2.50. The number of hydrogen-bond donors (Lipinski definition) is 0. The van der Waals surface area contributed by atoms with Crippen LogP contribution in [0.4, 0.5) is 0 Å². The van der Waals surface area contributed by atoms with Crippen LogP contribution in [0.5, 0.6) is 0 Å². The highest BCUT2D eigenvalue weighted by molar-refractivity contribution is 5.92. The van der Waals surface area contributed by atoms with Crippen molar-refractivity contribution >= 4 is 5.91 Å². The van der Waals surface area contributed by atoms with Gasteiger partial charge in [-0.2, -0.15) is 5.10 Å². The van der Waals surface area contributed by atoms with Gasteiger partial charge in [0.25, 0.3) is 5.91 Å². The molecule has 4 rings (SSSR count). The highest BCUT2D eigenvalue weighted by Crippen LogP contribution is 2.37. The molecule has 7 nitrogen and oxygen atoms in total. The van der Waals surface area contributed by atoms with Crippen molar-refractivity contribution in [1.29, 1.82) is 0 Å². The van der Waals surface area contributed by atoms with Crippen LogP contribution >= 0.6 is 0 Å². The van der Waals surface area contributed by atoms with Crippen LogP contribution < -0.4 is 0 Å². The molecule has 7 heteroatoms. The van der Waals surface area contributed by atoms with Gasteiger partial charge in [-0.05, 0) is 52.5 Å². The third-order valence-electron chi connectivity index (χ3n) is 7.21. The van der Waals surface area contributed by atoms with Crippen LogP contribution in [-0.4, -0.2) is 93.9 Å². The predicted octanol–water partition coefficient (Wildman–Crippen LogP) is 2.08. The Bertz CT molecular complexity index is 687. The summed E-state index contributed by atoms with van der Waals surface area (Å²) in [6.07, 6.45) is 6.01. The molecule has 0 saturated carbocycles. The number of nitrogens with zero attached hydrogens (tertiary/aromatic N) is 5. The van der Waals surface area contributed by atoms with E-state index in [0.29, 0.717) is 17.8 Å². The second-order valence-corrected chi connectivity index (χ2v) is 9.19. The van der Waals surface area contributed by atoms with Gasteiger partial charge in [-0.25, -0.2) is 0 Å². The van der Waals surface area contributed by atoms with E-state index in [-0.39, 0.29) is 11.5 Å². The maximum atomic E-state index is 12.8. The SMILES string of the molecule is CCn1ccc(C(=O)N2CCC3(CC2)C[C@H](N2CCN(C(C)C)CC2)CCO3)n1. The van der Waals surface area contributed by atoms with E-state index in [9.17, 15) is 4.79 Å². The van der Waals surface area contributed by atoms with E-state index < -0.39 is 0 Å². The minimum absolute atomic E-state index is 0.0440. The molecule has 3 saturated heterocycles. The van der Waals surface area contributed by atoms with E-state index in [4.69, 9.17) is 4.74 Å². The zero-order valence-corrected chi connectivity index (χ0v) is 18.3. The number of aromatic nitrogens is 2. The first kappa shape index (κ1) is 20.8. The van der Waals surface area contributed by atoms with Crippen molar-refractivity contribution in [2.45, 2.75) is 70.7 Å². The van der Waals surface area contributed by atoms with E-state index in [1.54, 1.807) is 0 Å². The number of piperazine rings is 1. The molecule has 0 aromatic carbocycles. The smallest absolute Gasteiger partial charge is 0.274 e. The van der Waals surface area contributed by atoms with Crippen molar-refractivity contribution in [3.63, 3.8) is 0 Å². The Kier molecular flexibility index (Phi) is 6.27. The second kappa shape index (κ2) is 8.74. The minimum Gasteiger partial charge on any atom is -0.375 e. The zero-order valence-electron chi connectivity index (χ0n) is 18.3. The first-order valence-electron chi connectivity index (χ1n) is 11.4. The molecule has 29 heavy (non-hydrogen) atoms. The van der Waals surface area contributed by atoms with Gasteiger partial charge in [0.15, 0.2) is 0 Å². The molecule has 1 aromatic heterocycles. The fraction of sp³-hybridized carbons (Fsp3) is 0.818. The van der Waals surface area contributed by atoms with Gasteiger partial charge in [0.2, 0.25) is 0 Å². The summed E-state index contributed by atoms with van der Waals surface area (Å²) in [4.78, 5) is 20.0. The van der Waals surface area contributed by atoms with Crippen LogP contribution in [0, 0.1) is 0 Å². The largest absolute Gasteiger partial charge is 0.375 e. The molecule has 3 fully saturated rings. The molecular formula is C22H37N5O2. The van der Waals surface area contributed by atoms with Crippen molar-refractivity contribution in [2.24, 2.45) is 0 Å². The van der Waals surface area contributed by atoms with E-state index >= 15 is 0 Å². The summed E-state index contributed by atoms with van der Waals surface area (Å²) in [5, 5.41) is 4.38. The molecule has 162 valence electrons. The van der Waals surface area contributed by atoms with Gasteiger partial charge in [0.05, 0.1) is 5.60 Å². The number of ether oxygens (including phenoxy) is 1. The zero-order chi connectivity index (χ0) is 20.4. The standard InChI is InChI=1S/C22H37N5O2/c1-4-27-9-5-20(23-27)21(28)26-10-7-22(8-11-26)17-19(6-16-29-22)25-14-12-24(13-15-25)18(2)3/h5,9,18-19H,4,6-8,10-17H2,1-3H3/t19-/m1/s1. The summed E-state index contributed by atoms with van der Waals surface area (Å²) in [5.41, 5.74) is 0.519. The van der Waals surface area contributed by atoms with Crippen molar-refractivity contribution < 1.29 is 9.53 Å². The molecule has 0 radical (unpaired) electrons. The first-order chi connectivity index (χ1) is 14.0. The molecule has 1 atom stereocenters. The fourth-order valence-electron chi connectivity index (χ4n) is 5.21. The van der Waals surface area contributed by atoms with Crippen molar-refractivity contribution in [3.8, 4) is 0 Å². The molecule has 1 amide bonds. The van der Waals surface area contributed by atoms with Crippen molar-refractivity contribution in [2.75, 3.05) is 45.9 Å². The monoisotopic (exact) mass is 403 g/mol.